The Labute approximate surface area is 251 Å². The Balaban J connectivity index is 1.23. The second-order valence-electron chi connectivity index (χ2n) is 12.9. The third-order valence-corrected chi connectivity index (χ3v) is 10.3. The number of hydrogen-bond acceptors (Lipinski definition) is 9. The summed E-state index contributed by atoms with van der Waals surface area (Å²) in [5.74, 6) is -0.881. The van der Waals surface area contributed by atoms with Gasteiger partial charge in [-0.2, -0.15) is 9.97 Å². The molecule has 5 aliphatic heterocycles. The van der Waals surface area contributed by atoms with Crippen molar-refractivity contribution in [3.05, 3.63) is 42.0 Å². The summed E-state index contributed by atoms with van der Waals surface area (Å²) in [4.78, 5) is 18.3. The lowest BCUT2D eigenvalue weighted by Crippen LogP contribution is -2.60. The number of benzene rings is 2. The van der Waals surface area contributed by atoms with Crippen molar-refractivity contribution in [2.75, 3.05) is 37.7 Å². The Morgan fingerprint density at radius 2 is 2.02 bits per heavy atom. The maximum Gasteiger partial charge on any atom is 0.319 e. The summed E-state index contributed by atoms with van der Waals surface area (Å²) in [6.45, 7) is 2.34. The van der Waals surface area contributed by atoms with E-state index >= 15 is 8.78 Å². The van der Waals surface area contributed by atoms with Gasteiger partial charge in [0.05, 0.1) is 11.6 Å². The summed E-state index contributed by atoms with van der Waals surface area (Å²) in [7, 11) is 0. The molecular formula is C32H31F3N6O3. The van der Waals surface area contributed by atoms with Crippen molar-refractivity contribution in [3.8, 4) is 28.9 Å². The molecule has 7 heterocycles. The van der Waals surface area contributed by atoms with Crippen LogP contribution in [0.25, 0.3) is 32.9 Å². The molecule has 2 aromatic carbocycles. The van der Waals surface area contributed by atoms with Gasteiger partial charge >= 0.3 is 6.01 Å². The zero-order valence-electron chi connectivity index (χ0n) is 23.9. The van der Waals surface area contributed by atoms with Crippen LogP contribution in [-0.4, -0.2) is 87.6 Å². The lowest BCUT2D eigenvalue weighted by atomic mass is 9.95. The molecule has 0 radical (unpaired) electrons. The molecule has 228 valence electrons. The number of phenolic OH excluding ortho intramolecular Hbond substituents is 1. The number of alkyl halides is 1. The number of ether oxygens (including phenoxy) is 2. The maximum atomic E-state index is 16.8. The predicted octanol–water partition coefficient (Wildman–Crippen LogP) is 4.49. The van der Waals surface area contributed by atoms with Gasteiger partial charge in [0.25, 0.3) is 0 Å². The minimum atomic E-state index is -0.915. The van der Waals surface area contributed by atoms with Crippen molar-refractivity contribution in [1.82, 2.24) is 25.2 Å². The van der Waals surface area contributed by atoms with Gasteiger partial charge in [-0.1, -0.05) is 12.1 Å². The molecule has 5 aliphatic rings. The van der Waals surface area contributed by atoms with Gasteiger partial charge in [-0.15, -0.1) is 0 Å². The summed E-state index contributed by atoms with van der Waals surface area (Å²) >= 11 is 0. The van der Waals surface area contributed by atoms with E-state index in [4.69, 9.17) is 14.5 Å². The normalized spacial score (nSPS) is 29.1. The number of nitrogens with one attached hydrogen (secondary N) is 1. The molecular weight excluding hydrogens is 573 g/mol. The largest absolute Gasteiger partial charge is 0.508 e. The van der Waals surface area contributed by atoms with E-state index in [2.05, 4.69) is 25.1 Å². The molecule has 0 spiro atoms. The fraction of sp³-hybridized carbons (Fsp3) is 0.469. The van der Waals surface area contributed by atoms with Crippen molar-refractivity contribution in [1.29, 1.82) is 0 Å². The highest BCUT2D eigenvalue weighted by Gasteiger charge is 2.50. The minimum Gasteiger partial charge on any atom is -0.508 e. The molecule has 9 rings (SSSR count). The van der Waals surface area contributed by atoms with Gasteiger partial charge in [0.1, 0.15) is 53.4 Å². The molecule has 44 heavy (non-hydrogen) atoms. The number of aromatic nitrogens is 3. The molecule has 9 nitrogen and oxygen atoms in total. The smallest absolute Gasteiger partial charge is 0.319 e. The molecule has 4 saturated heterocycles. The topological polar surface area (TPSA) is 95.9 Å². The molecule has 2 aromatic heterocycles. The van der Waals surface area contributed by atoms with E-state index in [1.54, 1.807) is 6.07 Å². The Hall–Kier alpha value is -3.90. The first-order chi connectivity index (χ1) is 21.4. The third kappa shape index (κ3) is 3.89. The monoisotopic (exact) mass is 604 g/mol. The molecule has 4 aromatic rings. The zero-order valence-corrected chi connectivity index (χ0v) is 23.9. The number of halogens is 3. The molecule has 2 N–H and O–H groups in total. The second-order valence-corrected chi connectivity index (χ2v) is 12.9. The summed E-state index contributed by atoms with van der Waals surface area (Å²) in [6.07, 6.45) is 3.24. The second kappa shape index (κ2) is 9.55. The number of hydrogen-bond donors (Lipinski definition) is 2. The van der Waals surface area contributed by atoms with Crippen LogP contribution < -0.4 is 19.7 Å². The molecule has 12 heteroatoms. The number of phenols is 1. The standard InChI is InChI=1S/C32H31F3N6O3/c33-17-11-32(7-2-8-40(32)12-17)15-44-31-38-28-25-29(39-31)41-13-18-5-6-22(36-18)23(41)14-43-30(25)37-27(26(28)35)20-10-19(42)9-16-3-1-4-21(34)24(16)20/h1,3-4,9-10,17-18,22-23,36,42H,2,5-8,11-15H2/t17-,18+,22-,23-,32+/m1/s1. The van der Waals surface area contributed by atoms with Gasteiger partial charge in [0.15, 0.2) is 5.82 Å². The highest BCUT2D eigenvalue weighted by atomic mass is 19.1. The van der Waals surface area contributed by atoms with Crippen LogP contribution >= 0.6 is 0 Å². The minimum absolute atomic E-state index is 0.00323. The van der Waals surface area contributed by atoms with Crippen molar-refractivity contribution in [2.45, 2.75) is 61.9 Å². The molecule has 0 aliphatic carbocycles. The van der Waals surface area contributed by atoms with Crippen molar-refractivity contribution < 1.29 is 27.8 Å². The lowest BCUT2D eigenvalue weighted by molar-refractivity contribution is 0.107. The highest BCUT2D eigenvalue weighted by Crippen LogP contribution is 2.45. The quantitative estimate of drug-likeness (QED) is 0.350. The van der Waals surface area contributed by atoms with Crippen LogP contribution in [0.1, 0.15) is 32.1 Å². The third-order valence-electron chi connectivity index (χ3n) is 10.3. The van der Waals surface area contributed by atoms with Gasteiger partial charge in [0, 0.05) is 42.5 Å². The number of fused-ring (bicyclic) bond motifs is 7. The van der Waals surface area contributed by atoms with Crippen molar-refractivity contribution in [2.24, 2.45) is 0 Å². The van der Waals surface area contributed by atoms with Gasteiger partial charge in [-0.25, -0.2) is 18.2 Å². The van der Waals surface area contributed by atoms with Crippen molar-refractivity contribution >= 4 is 27.5 Å². The van der Waals surface area contributed by atoms with Gasteiger partial charge < -0.3 is 24.8 Å². The first-order valence-corrected chi connectivity index (χ1v) is 15.4. The van der Waals surface area contributed by atoms with E-state index in [-0.39, 0.29) is 71.1 Å². The lowest BCUT2D eigenvalue weighted by Gasteiger charge is -2.40. The van der Waals surface area contributed by atoms with E-state index in [1.165, 1.54) is 24.3 Å². The summed E-state index contributed by atoms with van der Waals surface area (Å²) < 4.78 is 59.1. The van der Waals surface area contributed by atoms with Gasteiger partial charge in [0.2, 0.25) is 5.88 Å². The summed E-state index contributed by atoms with van der Waals surface area (Å²) in [5.41, 5.74) is -0.593. The predicted molar refractivity (Wildman–Crippen MR) is 157 cm³/mol. The molecule has 0 amide bonds. The van der Waals surface area contributed by atoms with E-state index in [0.717, 1.165) is 32.2 Å². The number of anilines is 1. The summed E-state index contributed by atoms with van der Waals surface area (Å²) in [5, 5.41) is 15.0. The van der Waals surface area contributed by atoms with Crippen LogP contribution in [0.15, 0.2) is 30.3 Å². The van der Waals surface area contributed by atoms with Crippen LogP contribution in [-0.2, 0) is 0 Å². The molecule has 0 saturated carbocycles. The Morgan fingerprint density at radius 1 is 1.11 bits per heavy atom. The first-order valence-electron chi connectivity index (χ1n) is 15.4. The maximum absolute atomic E-state index is 16.8. The fourth-order valence-electron chi connectivity index (χ4n) is 8.36. The Bertz CT molecular complexity index is 1840. The zero-order chi connectivity index (χ0) is 29.7. The van der Waals surface area contributed by atoms with E-state index in [9.17, 15) is 9.50 Å². The number of nitrogens with zero attached hydrogens (tertiary/aromatic N) is 5. The molecule has 0 unspecified atom stereocenters. The number of rotatable bonds is 4. The fourth-order valence-corrected chi connectivity index (χ4v) is 8.36. The van der Waals surface area contributed by atoms with Gasteiger partial charge in [-0.3, -0.25) is 4.90 Å². The number of aromatic hydroxyl groups is 1. The molecule has 5 atom stereocenters. The molecule has 4 fully saturated rings. The summed E-state index contributed by atoms with van der Waals surface area (Å²) in [6, 6.07) is 7.54. The Kier molecular flexibility index (Phi) is 5.75. The molecule has 2 bridgehead atoms. The van der Waals surface area contributed by atoms with E-state index < -0.39 is 23.3 Å². The average Bonchev–Trinajstić information content (AvgIpc) is 3.64. The first kappa shape index (κ1) is 26.5. The van der Waals surface area contributed by atoms with Crippen LogP contribution in [0.4, 0.5) is 19.0 Å². The van der Waals surface area contributed by atoms with E-state index in [0.29, 0.717) is 36.1 Å². The number of piperazine rings is 1. The number of pyridine rings is 1. The van der Waals surface area contributed by atoms with Crippen LogP contribution in [0.5, 0.6) is 17.6 Å². The van der Waals surface area contributed by atoms with E-state index in [1.807, 2.05) is 0 Å². The van der Waals surface area contributed by atoms with Gasteiger partial charge in [-0.05, 0) is 55.8 Å². The van der Waals surface area contributed by atoms with Crippen LogP contribution in [0, 0.1) is 11.6 Å². The SMILES string of the molecule is Oc1cc(-c2nc3c4c(nc(OC[C@@]56CCCN5C[C@H](F)C6)nc4c2F)N2C[C@@H]4CC[C@@H](N4)[C@H]2CO3)c2c(F)cccc2c1. The van der Waals surface area contributed by atoms with Crippen LogP contribution in [0.2, 0.25) is 0 Å². The Morgan fingerprint density at radius 3 is 2.93 bits per heavy atom. The van der Waals surface area contributed by atoms with Crippen molar-refractivity contribution in [3.63, 3.8) is 0 Å². The van der Waals surface area contributed by atoms with Crippen LogP contribution in [0.3, 0.4) is 0 Å². The average molecular weight is 605 g/mol. The highest BCUT2D eigenvalue weighted by molar-refractivity contribution is 6.02.